The zero-order valence-corrected chi connectivity index (χ0v) is 13.8. The van der Waals surface area contributed by atoms with Crippen LogP contribution in [0.2, 0.25) is 13.1 Å². The molecule has 0 rings (SSSR count). The fourth-order valence-corrected chi connectivity index (χ4v) is 7.05. The molecule has 0 saturated heterocycles. The highest BCUT2D eigenvalue weighted by Gasteiger charge is 2.37. The number of hydrogen-bond acceptors (Lipinski definition) is 7. The second-order valence-corrected chi connectivity index (χ2v) is 8.57. The average Bonchev–Trinajstić information content (AvgIpc) is 2.18. The Hall–Kier alpha value is 0.694. The molecule has 0 bridgehead atoms. The molecule has 15 heavy (non-hydrogen) atoms. The Balaban J connectivity index is 4.66. The van der Waals surface area contributed by atoms with Crippen LogP contribution in [0.4, 0.5) is 0 Å². The molecular formula is C4H16O7P2Si2. The Bertz CT molecular complexity index is 254. The molecule has 0 aliphatic heterocycles. The van der Waals surface area contributed by atoms with Gasteiger partial charge in [-0.25, -0.2) is 9.13 Å². The Morgan fingerprint density at radius 1 is 0.867 bits per heavy atom. The summed E-state index contributed by atoms with van der Waals surface area (Å²) in [5, 5.41) is 0. The molecule has 0 unspecified atom stereocenters. The summed E-state index contributed by atoms with van der Waals surface area (Å²) in [6.45, 7) is 3.50. The average molecular weight is 294 g/mol. The minimum Gasteiger partial charge on any atom is -0.338 e. The van der Waals surface area contributed by atoms with Crippen molar-refractivity contribution in [3.63, 3.8) is 0 Å². The molecule has 0 spiro atoms. The van der Waals surface area contributed by atoms with E-state index in [1.165, 1.54) is 0 Å². The highest BCUT2D eigenvalue weighted by atomic mass is 31.3. The van der Waals surface area contributed by atoms with Crippen molar-refractivity contribution < 1.29 is 30.9 Å². The molecule has 11 heteroatoms. The summed E-state index contributed by atoms with van der Waals surface area (Å²) in [6.07, 6.45) is 0. The van der Waals surface area contributed by atoms with E-state index in [2.05, 4.69) is 9.05 Å². The van der Waals surface area contributed by atoms with Gasteiger partial charge in [0.05, 0.1) is 0 Å². The van der Waals surface area contributed by atoms with Gasteiger partial charge >= 0.3 is 15.6 Å². The zero-order chi connectivity index (χ0) is 11.9. The largest absolute Gasteiger partial charge is 0.483 e. The molecule has 7 nitrogen and oxygen atoms in total. The van der Waals surface area contributed by atoms with E-state index in [-0.39, 0.29) is 0 Å². The van der Waals surface area contributed by atoms with Gasteiger partial charge in [-0.1, -0.05) is 13.1 Å². The van der Waals surface area contributed by atoms with E-state index in [9.17, 15) is 9.13 Å². The molecule has 0 aromatic rings. The second-order valence-electron chi connectivity index (χ2n) is 2.18. The topological polar surface area (TPSA) is 80.3 Å². The Morgan fingerprint density at radius 3 is 1.53 bits per heavy atom. The number of phosphoric ester groups is 1. The van der Waals surface area contributed by atoms with Gasteiger partial charge in [0.25, 0.3) is 0 Å². The number of rotatable bonds is 8. The van der Waals surface area contributed by atoms with Gasteiger partial charge < -0.3 is 8.43 Å². The second kappa shape index (κ2) is 7.10. The van der Waals surface area contributed by atoms with Gasteiger partial charge in [-0.3, -0.25) is 9.05 Å². The van der Waals surface area contributed by atoms with Crippen molar-refractivity contribution in [2.24, 2.45) is 0 Å². The summed E-state index contributed by atoms with van der Waals surface area (Å²) in [5.74, 6) is 0. The van der Waals surface area contributed by atoms with Crippen LogP contribution in [-0.2, 0) is 30.9 Å². The molecule has 0 fully saturated rings. The first-order chi connectivity index (χ1) is 6.95. The predicted octanol–water partition coefficient (Wildman–Crippen LogP) is 0.809. The summed E-state index contributed by atoms with van der Waals surface area (Å²) in [4.78, 5) is 0. The minimum atomic E-state index is -3.83. The number of phosphoric acid groups is 2. The monoisotopic (exact) mass is 294 g/mol. The molecule has 92 valence electrons. The summed E-state index contributed by atoms with van der Waals surface area (Å²) in [5.41, 5.74) is 0. The van der Waals surface area contributed by atoms with Gasteiger partial charge in [-0.2, -0.15) is 4.31 Å². The lowest BCUT2D eigenvalue weighted by Crippen LogP contribution is -2.03. The van der Waals surface area contributed by atoms with Crippen molar-refractivity contribution in [1.82, 2.24) is 0 Å². The number of hydrogen-bond donors (Lipinski definition) is 0. The highest BCUT2D eigenvalue weighted by Crippen LogP contribution is 2.64. The van der Waals surface area contributed by atoms with Crippen molar-refractivity contribution >= 4 is 35.2 Å². The molecule has 0 aliphatic carbocycles. The van der Waals surface area contributed by atoms with E-state index in [1.807, 2.05) is 0 Å². The van der Waals surface area contributed by atoms with Gasteiger partial charge in [0, 0.05) is 14.2 Å². The predicted molar refractivity (Wildman–Crippen MR) is 61.3 cm³/mol. The third-order valence-corrected chi connectivity index (χ3v) is 8.31. The van der Waals surface area contributed by atoms with Crippen LogP contribution in [0.3, 0.4) is 0 Å². The summed E-state index contributed by atoms with van der Waals surface area (Å²) in [6, 6.07) is 0. The summed E-state index contributed by atoms with van der Waals surface area (Å²) in [7, 11) is -7.38. The lowest BCUT2D eigenvalue weighted by Gasteiger charge is -2.20. The van der Waals surface area contributed by atoms with E-state index < -0.39 is 35.2 Å². The van der Waals surface area contributed by atoms with Gasteiger partial charge in [0.1, 0.15) is 0 Å². The van der Waals surface area contributed by atoms with Crippen LogP contribution in [0, 0.1) is 0 Å². The smallest absolute Gasteiger partial charge is 0.338 e. The molecule has 0 aliphatic rings. The summed E-state index contributed by atoms with van der Waals surface area (Å²) >= 11 is 0. The van der Waals surface area contributed by atoms with Crippen molar-refractivity contribution in [2.45, 2.75) is 13.1 Å². The quantitative estimate of drug-likeness (QED) is 0.484. The summed E-state index contributed by atoms with van der Waals surface area (Å²) < 4.78 is 46.9. The van der Waals surface area contributed by atoms with Crippen LogP contribution in [-0.4, -0.2) is 33.7 Å². The SMILES string of the molecule is COP(=O)(OC)OP(=O)(O[SiH2]C)O[SiH2]C. The third-order valence-electron chi connectivity index (χ3n) is 1.22. The van der Waals surface area contributed by atoms with Gasteiger partial charge in [-0.05, 0) is 0 Å². The van der Waals surface area contributed by atoms with E-state index >= 15 is 0 Å². The maximum atomic E-state index is 11.8. The Morgan fingerprint density at radius 2 is 1.27 bits per heavy atom. The third kappa shape index (κ3) is 5.53. The first-order valence-corrected chi connectivity index (χ1v) is 11.2. The van der Waals surface area contributed by atoms with Crippen LogP contribution in [0.1, 0.15) is 0 Å². The lowest BCUT2D eigenvalue weighted by atomic mass is 11.8. The van der Waals surface area contributed by atoms with Crippen molar-refractivity contribution in [2.75, 3.05) is 14.2 Å². The lowest BCUT2D eigenvalue weighted by molar-refractivity contribution is 0.189. The maximum absolute atomic E-state index is 11.8. The standard InChI is InChI=1S/C4H16O7P2Si2/c1-7-12(5,8-2)9-13(6,10-14-3)11-15-4/h14-15H2,1-4H3. The molecule has 0 N–H and O–H groups in total. The van der Waals surface area contributed by atoms with Crippen LogP contribution < -0.4 is 0 Å². The van der Waals surface area contributed by atoms with Crippen molar-refractivity contribution in [3.05, 3.63) is 0 Å². The minimum absolute atomic E-state index is 1.02. The molecular weight excluding hydrogens is 278 g/mol. The van der Waals surface area contributed by atoms with Crippen LogP contribution in [0.15, 0.2) is 0 Å². The van der Waals surface area contributed by atoms with Crippen LogP contribution in [0.5, 0.6) is 0 Å². The van der Waals surface area contributed by atoms with Crippen molar-refractivity contribution in [1.29, 1.82) is 0 Å². The van der Waals surface area contributed by atoms with Gasteiger partial charge in [0.2, 0.25) is 0 Å². The van der Waals surface area contributed by atoms with E-state index in [0.29, 0.717) is 0 Å². The van der Waals surface area contributed by atoms with E-state index in [0.717, 1.165) is 14.2 Å². The molecule has 0 amide bonds. The fraction of sp³-hybridized carbons (Fsp3) is 1.00. The van der Waals surface area contributed by atoms with Crippen molar-refractivity contribution in [3.8, 4) is 0 Å². The van der Waals surface area contributed by atoms with Gasteiger partial charge in [-0.15, -0.1) is 0 Å². The zero-order valence-electron chi connectivity index (χ0n) is 9.17. The Labute approximate surface area is 93.9 Å². The van der Waals surface area contributed by atoms with Crippen LogP contribution >= 0.6 is 15.6 Å². The van der Waals surface area contributed by atoms with E-state index in [4.69, 9.17) is 12.7 Å². The van der Waals surface area contributed by atoms with E-state index in [1.54, 1.807) is 13.1 Å². The van der Waals surface area contributed by atoms with Crippen LogP contribution in [0.25, 0.3) is 0 Å². The molecule has 0 atom stereocenters. The fourth-order valence-electron chi connectivity index (χ4n) is 0.664. The molecule has 0 heterocycles. The first-order valence-electron chi connectivity index (χ1n) is 4.27. The molecule has 0 aromatic carbocycles. The molecule has 0 radical (unpaired) electrons. The van der Waals surface area contributed by atoms with Gasteiger partial charge in [0.15, 0.2) is 19.5 Å². The molecule has 0 saturated carbocycles. The normalized spacial score (nSPS) is 17.9. The Kier molecular flexibility index (Phi) is 7.43. The first kappa shape index (κ1) is 15.7. The molecule has 0 aromatic heterocycles. The maximum Gasteiger partial charge on any atom is 0.483 e. The highest BCUT2D eigenvalue weighted by molar-refractivity contribution is 7.63.